The number of carboxylic acid groups (broad SMARTS) is 1. The molecule has 0 radical (unpaired) electrons. The SMILES string of the molecule is C=C(C)[O-].O=Nc1ccc(O)c(C(=O)O)c1. The molecule has 6 heteroatoms. The van der Waals surface area contributed by atoms with Crippen molar-refractivity contribution in [2.24, 2.45) is 5.18 Å². The minimum Gasteiger partial charge on any atom is -0.876 e. The summed E-state index contributed by atoms with van der Waals surface area (Å²) >= 11 is 0. The maximum absolute atomic E-state index is 10.4. The Hall–Kier alpha value is -2.37. The Morgan fingerprint density at radius 1 is 1.50 bits per heavy atom. The van der Waals surface area contributed by atoms with E-state index in [9.17, 15) is 14.8 Å². The van der Waals surface area contributed by atoms with E-state index < -0.39 is 5.97 Å². The first-order chi connectivity index (χ1) is 7.38. The van der Waals surface area contributed by atoms with Crippen molar-refractivity contribution in [3.05, 3.63) is 41.0 Å². The van der Waals surface area contributed by atoms with Gasteiger partial charge in [0.2, 0.25) is 0 Å². The van der Waals surface area contributed by atoms with Crippen molar-refractivity contribution in [1.82, 2.24) is 0 Å². The molecule has 1 rings (SSSR count). The Morgan fingerprint density at radius 2 is 2.00 bits per heavy atom. The van der Waals surface area contributed by atoms with Gasteiger partial charge in [-0.3, -0.25) is 0 Å². The van der Waals surface area contributed by atoms with Crippen molar-refractivity contribution in [2.75, 3.05) is 0 Å². The third-order valence-electron chi connectivity index (χ3n) is 1.32. The van der Waals surface area contributed by atoms with Gasteiger partial charge >= 0.3 is 5.97 Å². The highest BCUT2D eigenvalue weighted by molar-refractivity contribution is 5.91. The number of hydrogen-bond donors (Lipinski definition) is 2. The average Bonchev–Trinajstić information content (AvgIpc) is 2.17. The maximum Gasteiger partial charge on any atom is 0.339 e. The van der Waals surface area contributed by atoms with Crippen molar-refractivity contribution in [3.63, 3.8) is 0 Å². The fourth-order valence-corrected chi connectivity index (χ4v) is 0.752. The van der Waals surface area contributed by atoms with Gasteiger partial charge in [-0.05, 0) is 23.4 Å². The Kier molecular flexibility index (Phi) is 5.26. The van der Waals surface area contributed by atoms with Crippen molar-refractivity contribution < 1.29 is 20.1 Å². The lowest BCUT2D eigenvalue weighted by Crippen LogP contribution is -1.95. The Labute approximate surface area is 91.4 Å². The number of carbonyl (C=O) groups is 1. The van der Waals surface area contributed by atoms with Crippen LogP contribution in [0.15, 0.2) is 35.7 Å². The van der Waals surface area contributed by atoms with E-state index in [1.165, 1.54) is 13.0 Å². The van der Waals surface area contributed by atoms with Crippen LogP contribution in [0.25, 0.3) is 0 Å². The molecule has 6 nitrogen and oxygen atoms in total. The number of nitroso groups, excluding NO2 is 1. The van der Waals surface area contributed by atoms with Crippen LogP contribution in [0.5, 0.6) is 5.75 Å². The minimum absolute atomic E-state index is 0.0230. The molecule has 0 heterocycles. The molecule has 0 amide bonds. The van der Waals surface area contributed by atoms with Crippen molar-refractivity contribution in [3.8, 4) is 5.75 Å². The highest BCUT2D eigenvalue weighted by Crippen LogP contribution is 2.22. The minimum atomic E-state index is -1.29. The van der Waals surface area contributed by atoms with Crippen LogP contribution in [0.1, 0.15) is 17.3 Å². The van der Waals surface area contributed by atoms with E-state index in [0.29, 0.717) is 0 Å². The first-order valence-corrected chi connectivity index (χ1v) is 4.10. The molecule has 0 spiro atoms. The molecule has 0 saturated carbocycles. The third-order valence-corrected chi connectivity index (χ3v) is 1.32. The number of nitrogens with zero attached hydrogens (tertiary/aromatic N) is 1. The van der Waals surface area contributed by atoms with E-state index in [1.54, 1.807) is 0 Å². The number of hydrogen-bond acceptors (Lipinski definition) is 5. The molecule has 2 N–H and O–H groups in total. The largest absolute Gasteiger partial charge is 0.876 e. The number of aromatic carboxylic acids is 1. The first kappa shape index (κ1) is 13.6. The van der Waals surface area contributed by atoms with Crippen molar-refractivity contribution in [1.29, 1.82) is 0 Å². The Morgan fingerprint density at radius 3 is 2.38 bits per heavy atom. The smallest absolute Gasteiger partial charge is 0.339 e. The normalized spacial score (nSPS) is 8.56. The number of rotatable bonds is 2. The van der Waals surface area contributed by atoms with Gasteiger partial charge < -0.3 is 15.3 Å². The van der Waals surface area contributed by atoms with Gasteiger partial charge in [0, 0.05) is 0 Å². The first-order valence-electron chi connectivity index (χ1n) is 4.10. The zero-order chi connectivity index (χ0) is 12.7. The lowest BCUT2D eigenvalue weighted by molar-refractivity contribution is -0.300. The molecule has 0 aliphatic heterocycles. The summed E-state index contributed by atoms with van der Waals surface area (Å²) in [4.78, 5) is 20.4. The van der Waals surface area contributed by atoms with Crippen LogP contribution in [0, 0.1) is 4.91 Å². The van der Waals surface area contributed by atoms with E-state index in [-0.39, 0.29) is 22.8 Å². The second-order valence-electron chi connectivity index (χ2n) is 2.80. The van der Waals surface area contributed by atoms with Crippen molar-refractivity contribution >= 4 is 11.7 Å². The van der Waals surface area contributed by atoms with Crippen LogP contribution in [0.3, 0.4) is 0 Å². The summed E-state index contributed by atoms with van der Waals surface area (Å²) in [6.07, 6.45) is 0. The van der Waals surface area contributed by atoms with Crippen LogP contribution in [-0.4, -0.2) is 16.2 Å². The van der Waals surface area contributed by atoms with Crippen LogP contribution >= 0.6 is 0 Å². The fraction of sp³-hybridized carbons (Fsp3) is 0.100. The average molecular weight is 224 g/mol. The van der Waals surface area contributed by atoms with Gasteiger partial charge in [0.25, 0.3) is 0 Å². The molecule has 0 aromatic heterocycles. The van der Waals surface area contributed by atoms with Gasteiger partial charge in [-0.15, -0.1) is 17.2 Å². The summed E-state index contributed by atoms with van der Waals surface area (Å²) in [5.74, 6) is -1.76. The van der Waals surface area contributed by atoms with E-state index in [2.05, 4.69) is 11.8 Å². The van der Waals surface area contributed by atoms with Gasteiger partial charge in [-0.25, -0.2) is 4.79 Å². The van der Waals surface area contributed by atoms with E-state index >= 15 is 0 Å². The van der Waals surface area contributed by atoms with Gasteiger partial charge in [-0.2, -0.15) is 0 Å². The van der Waals surface area contributed by atoms with Crippen LogP contribution < -0.4 is 5.11 Å². The molecule has 0 bridgehead atoms. The zero-order valence-corrected chi connectivity index (χ0v) is 8.51. The molecule has 0 aliphatic rings. The summed E-state index contributed by atoms with van der Waals surface area (Å²) in [7, 11) is 0. The molecular weight excluding hydrogens is 214 g/mol. The summed E-state index contributed by atoms with van der Waals surface area (Å²) in [6.45, 7) is 4.42. The Bertz CT molecular complexity index is 410. The van der Waals surface area contributed by atoms with E-state index in [0.717, 1.165) is 12.1 Å². The van der Waals surface area contributed by atoms with Gasteiger partial charge in [-0.1, -0.05) is 6.92 Å². The van der Waals surface area contributed by atoms with Gasteiger partial charge in [0.1, 0.15) is 17.0 Å². The number of carboxylic acids is 1. The number of benzene rings is 1. The fourth-order valence-electron chi connectivity index (χ4n) is 0.752. The second-order valence-corrected chi connectivity index (χ2v) is 2.80. The third kappa shape index (κ3) is 4.75. The predicted octanol–water partition coefficient (Wildman–Crippen LogP) is 1.37. The molecule has 0 aliphatic carbocycles. The monoisotopic (exact) mass is 224 g/mol. The number of aromatic hydroxyl groups is 1. The second kappa shape index (κ2) is 6.18. The summed E-state index contributed by atoms with van der Waals surface area (Å²) < 4.78 is 0. The summed E-state index contributed by atoms with van der Waals surface area (Å²) in [5, 5.41) is 29.3. The molecular formula is C10H10NO5-. The standard InChI is InChI=1S/C7H5NO4.C3H6O/c9-6-2-1-4(8-12)3-5(6)7(10)11;1-3(2)4/h1-3,9H,(H,10,11);4H,1H2,2H3/p-1. The lowest BCUT2D eigenvalue weighted by atomic mass is 10.2. The number of allylic oxidation sites excluding steroid dienone is 1. The molecule has 0 saturated heterocycles. The topological polar surface area (TPSA) is 110 Å². The number of phenols is 1. The van der Waals surface area contributed by atoms with Crippen LogP contribution in [-0.2, 0) is 0 Å². The van der Waals surface area contributed by atoms with Gasteiger partial charge in [0.15, 0.2) is 0 Å². The lowest BCUT2D eigenvalue weighted by Gasteiger charge is -1.97. The maximum atomic E-state index is 10.4. The van der Waals surface area contributed by atoms with Crippen molar-refractivity contribution in [2.45, 2.75) is 6.92 Å². The highest BCUT2D eigenvalue weighted by Gasteiger charge is 2.09. The highest BCUT2D eigenvalue weighted by atomic mass is 16.4. The van der Waals surface area contributed by atoms with Crippen LogP contribution in [0.4, 0.5) is 5.69 Å². The summed E-state index contributed by atoms with van der Waals surface area (Å²) in [5.41, 5.74) is -0.350. The zero-order valence-electron chi connectivity index (χ0n) is 8.51. The van der Waals surface area contributed by atoms with E-state index in [1.807, 2.05) is 0 Å². The van der Waals surface area contributed by atoms with Crippen LogP contribution in [0.2, 0.25) is 0 Å². The predicted molar refractivity (Wildman–Crippen MR) is 55.3 cm³/mol. The molecule has 0 atom stereocenters. The molecule has 0 unspecified atom stereocenters. The molecule has 0 fully saturated rings. The summed E-state index contributed by atoms with van der Waals surface area (Å²) in [6, 6.07) is 3.35. The Balaban J connectivity index is 0.000000487. The molecule has 1 aromatic rings. The quantitative estimate of drug-likeness (QED) is 0.582. The molecule has 1 aromatic carbocycles. The van der Waals surface area contributed by atoms with Gasteiger partial charge in [0.05, 0.1) is 0 Å². The van der Waals surface area contributed by atoms with E-state index in [4.69, 9.17) is 10.2 Å². The molecule has 86 valence electrons. The molecule has 16 heavy (non-hydrogen) atoms.